The molecular formula is C13H10Cl3NO3. The maximum atomic E-state index is 11.6. The Labute approximate surface area is 130 Å². The summed E-state index contributed by atoms with van der Waals surface area (Å²) < 4.78 is 10.4. The molecule has 1 heterocycles. The van der Waals surface area contributed by atoms with Crippen molar-refractivity contribution in [2.45, 2.75) is 6.54 Å². The van der Waals surface area contributed by atoms with Crippen molar-refractivity contribution in [2.75, 3.05) is 6.61 Å². The first-order valence-corrected chi connectivity index (χ1v) is 6.76. The van der Waals surface area contributed by atoms with E-state index in [1.807, 2.05) is 0 Å². The van der Waals surface area contributed by atoms with E-state index in [0.29, 0.717) is 33.1 Å². The van der Waals surface area contributed by atoms with Gasteiger partial charge >= 0.3 is 0 Å². The van der Waals surface area contributed by atoms with Crippen LogP contribution in [0.25, 0.3) is 0 Å². The maximum absolute atomic E-state index is 11.6. The highest BCUT2D eigenvalue weighted by molar-refractivity contribution is 6.43. The molecular weight excluding hydrogens is 325 g/mol. The summed E-state index contributed by atoms with van der Waals surface area (Å²) in [6.07, 6.45) is 1.54. The molecule has 0 aliphatic rings. The van der Waals surface area contributed by atoms with Crippen LogP contribution in [0.5, 0.6) is 5.75 Å². The highest BCUT2D eigenvalue weighted by Gasteiger charge is 2.09. The van der Waals surface area contributed by atoms with Gasteiger partial charge in [-0.1, -0.05) is 34.8 Å². The SMILES string of the molecule is O=C(COc1cc(Cl)c(Cl)cc1Cl)NCc1ccco1. The van der Waals surface area contributed by atoms with Gasteiger partial charge < -0.3 is 14.5 Å². The van der Waals surface area contributed by atoms with E-state index in [-0.39, 0.29) is 12.5 Å². The zero-order valence-corrected chi connectivity index (χ0v) is 12.4. The fourth-order valence-electron chi connectivity index (χ4n) is 1.41. The van der Waals surface area contributed by atoms with Crippen molar-refractivity contribution >= 4 is 40.7 Å². The van der Waals surface area contributed by atoms with Crippen molar-refractivity contribution in [2.24, 2.45) is 0 Å². The van der Waals surface area contributed by atoms with Crippen LogP contribution in [-0.2, 0) is 11.3 Å². The van der Waals surface area contributed by atoms with Gasteiger partial charge in [-0.25, -0.2) is 0 Å². The first kappa shape index (κ1) is 15.0. The lowest BCUT2D eigenvalue weighted by molar-refractivity contribution is -0.123. The van der Waals surface area contributed by atoms with Gasteiger partial charge in [-0.3, -0.25) is 4.79 Å². The summed E-state index contributed by atoms with van der Waals surface area (Å²) in [5.74, 6) is 0.656. The first-order valence-electron chi connectivity index (χ1n) is 5.62. The van der Waals surface area contributed by atoms with Crippen LogP contribution in [0, 0.1) is 0 Å². The zero-order valence-electron chi connectivity index (χ0n) is 10.2. The second-order valence-electron chi connectivity index (χ2n) is 3.84. The molecule has 2 rings (SSSR count). The summed E-state index contributed by atoms with van der Waals surface area (Å²) >= 11 is 17.6. The number of rotatable bonds is 5. The highest BCUT2D eigenvalue weighted by atomic mass is 35.5. The van der Waals surface area contributed by atoms with E-state index < -0.39 is 0 Å². The van der Waals surface area contributed by atoms with Gasteiger partial charge in [0, 0.05) is 6.07 Å². The topological polar surface area (TPSA) is 51.5 Å². The third-order valence-corrected chi connectivity index (χ3v) is 3.39. The average molecular weight is 335 g/mol. The minimum atomic E-state index is -0.302. The van der Waals surface area contributed by atoms with E-state index in [9.17, 15) is 4.79 Å². The number of ether oxygens (including phenoxy) is 1. The molecule has 0 saturated carbocycles. The summed E-state index contributed by atoms with van der Waals surface area (Å²) in [5.41, 5.74) is 0. The standard InChI is InChI=1S/C13H10Cl3NO3/c14-9-4-11(16)12(5-10(9)15)20-7-13(18)17-6-8-2-1-3-19-8/h1-5H,6-7H2,(H,17,18). The number of hydrogen-bond acceptors (Lipinski definition) is 3. The third-order valence-electron chi connectivity index (χ3n) is 2.37. The lowest BCUT2D eigenvalue weighted by Crippen LogP contribution is -2.28. The van der Waals surface area contributed by atoms with Gasteiger partial charge in [0.05, 0.1) is 27.9 Å². The zero-order chi connectivity index (χ0) is 14.5. The van der Waals surface area contributed by atoms with Gasteiger partial charge in [0.25, 0.3) is 5.91 Å². The molecule has 2 aromatic rings. The van der Waals surface area contributed by atoms with E-state index >= 15 is 0 Å². The van der Waals surface area contributed by atoms with Crippen LogP contribution in [0.2, 0.25) is 15.1 Å². The Morgan fingerprint density at radius 1 is 1.20 bits per heavy atom. The molecule has 1 amide bonds. The Kier molecular flexibility index (Phi) is 5.17. The Morgan fingerprint density at radius 3 is 2.65 bits per heavy atom. The lowest BCUT2D eigenvalue weighted by Gasteiger charge is -2.09. The summed E-state index contributed by atoms with van der Waals surface area (Å²) in [4.78, 5) is 11.6. The average Bonchev–Trinajstić information content (AvgIpc) is 2.92. The molecule has 0 atom stereocenters. The van der Waals surface area contributed by atoms with Crippen molar-refractivity contribution in [1.29, 1.82) is 0 Å². The van der Waals surface area contributed by atoms with Crippen LogP contribution in [-0.4, -0.2) is 12.5 Å². The van der Waals surface area contributed by atoms with E-state index in [1.165, 1.54) is 18.4 Å². The maximum Gasteiger partial charge on any atom is 0.258 e. The second kappa shape index (κ2) is 6.88. The summed E-state index contributed by atoms with van der Waals surface area (Å²) in [7, 11) is 0. The van der Waals surface area contributed by atoms with E-state index in [2.05, 4.69) is 5.32 Å². The van der Waals surface area contributed by atoms with Gasteiger partial charge in [-0.2, -0.15) is 0 Å². The number of furan rings is 1. The van der Waals surface area contributed by atoms with Crippen LogP contribution >= 0.6 is 34.8 Å². The smallest absolute Gasteiger partial charge is 0.258 e. The minimum Gasteiger partial charge on any atom is -0.482 e. The van der Waals surface area contributed by atoms with Crippen molar-refractivity contribution in [3.05, 3.63) is 51.4 Å². The Balaban J connectivity index is 1.85. The molecule has 1 N–H and O–H groups in total. The van der Waals surface area contributed by atoms with Crippen molar-refractivity contribution in [3.63, 3.8) is 0 Å². The number of amides is 1. The van der Waals surface area contributed by atoms with E-state index in [1.54, 1.807) is 12.1 Å². The van der Waals surface area contributed by atoms with E-state index in [0.717, 1.165) is 0 Å². The monoisotopic (exact) mass is 333 g/mol. The number of nitrogens with one attached hydrogen (secondary N) is 1. The fraction of sp³-hybridized carbons (Fsp3) is 0.154. The number of halogens is 3. The summed E-state index contributed by atoms with van der Waals surface area (Å²) in [6, 6.07) is 6.43. The molecule has 0 fully saturated rings. The summed E-state index contributed by atoms with van der Waals surface area (Å²) in [6.45, 7) is 0.114. The van der Waals surface area contributed by atoms with Gasteiger partial charge in [-0.05, 0) is 18.2 Å². The molecule has 20 heavy (non-hydrogen) atoms. The molecule has 0 aliphatic heterocycles. The summed E-state index contributed by atoms with van der Waals surface area (Å²) in [5, 5.41) is 3.56. The van der Waals surface area contributed by atoms with Crippen LogP contribution in [0.4, 0.5) is 0 Å². The van der Waals surface area contributed by atoms with Gasteiger partial charge in [-0.15, -0.1) is 0 Å². The third kappa shape index (κ3) is 4.07. The Hall–Kier alpha value is -1.36. The number of carbonyl (C=O) groups is 1. The second-order valence-corrected chi connectivity index (χ2v) is 5.06. The largest absolute Gasteiger partial charge is 0.482 e. The molecule has 0 unspecified atom stereocenters. The molecule has 4 nitrogen and oxygen atoms in total. The number of benzene rings is 1. The molecule has 106 valence electrons. The number of hydrogen-bond donors (Lipinski definition) is 1. The van der Waals surface area contributed by atoms with Crippen molar-refractivity contribution < 1.29 is 13.9 Å². The molecule has 0 radical (unpaired) electrons. The quantitative estimate of drug-likeness (QED) is 0.843. The lowest BCUT2D eigenvalue weighted by atomic mass is 10.3. The number of carbonyl (C=O) groups excluding carboxylic acids is 1. The van der Waals surface area contributed by atoms with Crippen LogP contribution in [0.3, 0.4) is 0 Å². The molecule has 1 aromatic heterocycles. The molecule has 0 spiro atoms. The van der Waals surface area contributed by atoms with Gasteiger partial charge in [0.15, 0.2) is 6.61 Å². The highest BCUT2D eigenvalue weighted by Crippen LogP contribution is 2.33. The predicted octanol–water partition coefficient (Wildman–Crippen LogP) is 3.94. The normalized spacial score (nSPS) is 10.3. The molecule has 0 aliphatic carbocycles. The van der Waals surface area contributed by atoms with E-state index in [4.69, 9.17) is 44.0 Å². The van der Waals surface area contributed by atoms with Crippen molar-refractivity contribution in [1.82, 2.24) is 5.32 Å². The molecule has 0 saturated heterocycles. The van der Waals surface area contributed by atoms with Crippen LogP contribution < -0.4 is 10.1 Å². The molecule has 0 bridgehead atoms. The van der Waals surface area contributed by atoms with Crippen LogP contribution in [0.15, 0.2) is 34.9 Å². The Bertz CT molecular complexity index is 599. The minimum absolute atomic E-state index is 0.182. The van der Waals surface area contributed by atoms with Gasteiger partial charge in [0.2, 0.25) is 0 Å². The molecule has 7 heteroatoms. The van der Waals surface area contributed by atoms with Crippen LogP contribution in [0.1, 0.15) is 5.76 Å². The fourth-order valence-corrected chi connectivity index (χ4v) is 2.00. The predicted molar refractivity (Wildman–Crippen MR) is 77.5 cm³/mol. The van der Waals surface area contributed by atoms with Crippen molar-refractivity contribution in [3.8, 4) is 5.75 Å². The van der Waals surface area contributed by atoms with Gasteiger partial charge in [0.1, 0.15) is 11.5 Å². The first-order chi connectivity index (χ1) is 9.56. The Morgan fingerprint density at radius 2 is 1.95 bits per heavy atom. The molecule has 1 aromatic carbocycles.